The maximum absolute atomic E-state index is 12.7. The van der Waals surface area contributed by atoms with Crippen molar-refractivity contribution in [1.29, 1.82) is 0 Å². The molecule has 0 aliphatic heterocycles. The van der Waals surface area contributed by atoms with E-state index in [1.807, 2.05) is 54.6 Å². The summed E-state index contributed by atoms with van der Waals surface area (Å²) in [5.74, 6) is 0.443. The van der Waals surface area contributed by atoms with Gasteiger partial charge in [-0.1, -0.05) is 42.5 Å². The second-order valence-electron chi connectivity index (χ2n) is 8.25. The van der Waals surface area contributed by atoms with Crippen molar-refractivity contribution in [2.45, 2.75) is 18.4 Å². The molecule has 0 unspecified atom stereocenters. The van der Waals surface area contributed by atoms with Gasteiger partial charge in [-0.15, -0.1) is 0 Å². The molecule has 1 aromatic heterocycles. The molecule has 0 bridgehead atoms. The maximum atomic E-state index is 12.7. The lowest BCUT2D eigenvalue weighted by Gasteiger charge is -2.11. The molecule has 4 aromatic rings. The molecule has 178 valence electrons. The highest BCUT2D eigenvalue weighted by Crippen LogP contribution is 2.32. The third kappa shape index (κ3) is 5.58. The molecule has 1 amide bonds. The summed E-state index contributed by atoms with van der Waals surface area (Å²) in [7, 11) is -1.76. The van der Waals surface area contributed by atoms with E-state index >= 15 is 0 Å². The fraction of sp³-hybridized carbons (Fsp3) is 0.143. The zero-order valence-corrected chi connectivity index (χ0v) is 20.6. The Labute approximate surface area is 205 Å². The lowest BCUT2D eigenvalue weighted by molar-refractivity contribution is 0.0950. The van der Waals surface area contributed by atoms with Gasteiger partial charge in [0.05, 0.1) is 24.2 Å². The van der Waals surface area contributed by atoms with Crippen LogP contribution in [0.3, 0.4) is 0 Å². The van der Waals surface area contributed by atoms with E-state index in [2.05, 4.69) is 16.4 Å². The van der Waals surface area contributed by atoms with E-state index in [1.165, 1.54) is 6.07 Å². The number of nitrogens with zero attached hydrogens (tertiary/aromatic N) is 1. The average molecular weight is 487 g/mol. The topological polar surface area (TPSA) is 85.4 Å². The Kier molecular flexibility index (Phi) is 6.98. The van der Waals surface area contributed by atoms with Gasteiger partial charge in [0.2, 0.25) is 0 Å². The number of aryl methyl sites for hydroxylation is 1. The SMILES string of the molecule is COc1ccccc1-c1cccc(-c2ccnc(CNC(=O)c3ccc(C)c(S(C)(=O)=O)c3)c2)c1. The zero-order valence-electron chi connectivity index (χ0n) is 19.8. The summed E-state index contributed by atoms with van der Waals surface area (Å²) in [6.45, 7) is 1.91. The number of sulfone groups is 1. The van der Waals surface area contributed by atoms with Crippen molar-refractivity contribution in [1.82, 2.24) is 10.3 Å². The Morgan fingerprint density at radius 1 is 0.914 bits per heavy atom. The summed E-state index contributed by atoms with van der Waals surface area (Å²) < 4.78 is 29.5. The lowest BCUT2D eigenvalue weighted by Crippen LogP contribution is -2.23. The Hall–Kier alpha value is -3.97. The molecule has 0 spiro atoms. The summed E-state index contributed by atoms with van der Waals surface area (Å²) in [5, 5.41) is 2.83. The maximum Gasteiger partial charge on any atom is 0.251 e. The van der Waals surface area contributed by atoms with Crippen molar-refractivity contribution >= 4 is 15.7 Å². The predicted molar refractivity (Wildman–Crippen MR) is 137 cm³/mol. The van der Waals surface area contributed by atoms with Crippen LogP contribution in [0, 0.1) is 6.92 Å². The zero-order chi connectivity index (χ0) is 25.0. The highest BCUT2D eigenvalue weighted by molar-refractivity contribution is 7.90. The number of amides is 1. The van der Waals surface area contributed by atoms with Crippen molar-refractivity contribution in [2.75, 3.05) is 13.4 Å². The molecule has 6 nitrogen and oxygen atoms in total. The number of hydrogen-bond acceptors (Lipinski definition) is 5. The summed E-state index contributed by atoms with van der Waals surface area (Å²) in [5.41, 5.74) is 5.60. The fourth-order valence-corrected chi connectivity index (χ4v) is 4.91. The van der Waals surface area contributed by atoms with Gasteiger partial charge >= 0.3 is 0 Å². The molecule has 0 saturated carbocycles. The molecule has 0 fully saturated rings. The molecule has 1 heterocycles. The Balaban J connectivity index is 1.53. The number of pyridine rings is 1. The average Bonchev–Trinajstić information content (AvgIpc) is 2.87. The van der Waals surface area contributed by atoms with E-state index in [0.29, 0.717) is 11.3 Å². The van der Waals surface area contributed by atoms with Gasteiger partial charge in [0.1, 0.15) is 5.75 Å². The first kappa shape index (κ1) is 24.2. The number of ether oxygens (including phenoxy) is 1. The number of carbonyl (C=O) groups is 1. The van der Waals surface area contributed by atoms with E-state index in [-0.39, 0.29) is 22.9 Å². The number of nitrogens with one attached hydrogen (secondary N) is 1. The van der Waals surface area contributed by atoms with Crippen LogP contribution in [0.4, 0.5) is 0 Å². The van der Waals surface area contributed by atoms with Crippen LogP contribution >= 0.6 is 0 Å². The predicted octanol–water partition coefficient (Wildman–Crippen LogP) is 5.07. The number of aromatic nitrogens is 1. The van der Waals surface area contributed by atoms with Crippen LogP contribution < -0.4 is 10.1 Å². The van der Waals surface area contributed by atoms with E-state index in [4.69, 9.17) is 4.74 Å². The molecule has 3 aromatic carbocycles. The van der Waals surface area contributed by atoms with Crippen LogP contribution in [0.2, 0.25) is 0 Å². The van der Waals surface area contributed by atoms with Crippen LogP contribution in [0.15, 0.2) is 90.0 Å². The van der Waals surface area contributed by atoms with Crippen LogP contribution in [-0.2, 0) is 16.4 Å². The first-order chi connectivity index (χ1) is 16.8. The second kappa shape index (κ2) is 10.1. The van der Waals surface area contributed by atoms with Crippen molar-refractivity contribution in [2.24, 2.45) is 0 Å². The molecule has 0 atom stereocenters. The number of hydrogen-bond donors (Lipinski definition) is 1. The fourth-order valence-electron chi connectivity index (χ4n) is 3.92. The molecule has 0 saturated heterocycles. The molecule has 0 aliphatic carbocycles. The quantitative estimate of drug-likeness (QED) is 0.394. The number of rotatable bonds is 7. The second-order valence-corrected chi connectivity index (χ2v) is 10.2. The minimum Gasteiger partial charge on any atom is -0.496 e. The Morgan fingerprint density at radius 3 is 2.43 bits per heavy atom. The molecule has 35 heavy (non-hydrogen) atoms. The summed E-state index contributed by atoms with van der Waals surface area (Å²) in [6.07, 6.45) is 2.84. The lowest BCUT2D eigenvalue weighted by atomic mass is 9.98. The van der Waals surface area contributed by atoms with Crippen LogP contribution in [0.5, 0.6) is 5.75 Å². The van der Waals surface area contributed by atoms with Gasteiger partial charge in [0.25, 0.3) is 5.91 Å². The van der Waals surface area contributed by atoms with Crippen molar-refractivity contribution < 1.29 is 17.9 Å². The highest BCUT2D eigenvalue weighted by Gasteiger charge is 2.15. The van der Waals surface area contributed by atoms with Crippen molar-refractivity contribution in [3.63, 3.8) is 0 Å². The molecular formula is C28H26N2O4S. The van der Waals surface area contributed by atoms with Gasteiger partial charge < -0.3 is 10.1 Å². The number of carbonyl (C=O) groups excluding carboxylic acids is 1. The summed E-state index contributed by atoms with van der Waals surface area (Å²) in [6, 6.07) is 24.5. The number of methoxy groups -OCH3 is 1. The van der Waals surface area contributed by atoms with E-state index < -0.39 is 9.84 Å². The normalized spacial score (nSPS) is 11.2. The monoisotopic (exact) mass is 486 g/mol. The van der Waals surface area contributed by atoms with Gasteiger partial charge in [-0.2, -0.15) is 0 Å². The van der Waals surface area contributed by atoms with E-state index in [1.54, 1.807) is 32.4 Å². The Morgan fingerprint density at radius 2 is 1.66 bits per heavy atom. The summed E-state index contributed by atoms with van der Waals surface area (Å²) >= 11 is 0. The van der Waals surface area contributed by atoms with Crippen LogP contribution in [0.1, 0.15) is 21.6 Å². The molecule has 0 radical (unpaired) electrons. The van der Waals surface area contributed by atoms with Crippen molar-refractivity contribution in [3.8, 4) is 28.0 Å². The first-order valence-corrected chi connectivity index (χ1v) is 12.9. The smallest absolute Gasteiger partial charge is 0.251 e. The third-order valence-electron chi connectivity index (χ3n) is 5.71. The summed E-state index contributed by atoms with van der Waals surface area (Å²) in [4.78, 5) is 17.2. The number of para-hydroxylation sites is 1. The van der Waals surface area contributed by atoms with Gasteiger partial charge in [-0.05, 0) is 65.6 Å². The largest absolute Gasteiger partial charge is 0.496 e. The minimum absolute atomic E-state index is 0.153. The van der Waals surface area contributed by atoms with Crippen LogP contribution in [-0.4, -0.2) is 32.7 Å². The van der Waals surface area contributed by atoms with Crippen molar-refractivity contribution in [3.05, 3.63) is 102 Å². The van der Waals surface area contributed by atoms with Crippen LogP contribution in [0.25, 0.3) is 22.3 Å². The van der Waals surface area contributed by atoms with Gasteiger partial charge in [-0.3, -0.25) is 9.78 Å². The molecule has 1 N–H and O–H groups in total. The van der Waals surface area contributed by atoms with Gasteiger partial charge in [-0.25, -0.2) is 8.42 Å². The third-order valence-corrected chi connectivity index (χ3v) is 6.95. The van der Waals surface area contributed by atoms with E-state index in [0.717, 1.165) is 34.3 Å². The standard InChI is InChI=1S/C28H26N2O4S/c1-19-11-12-23(17-27(19)35(3,32)33)28(31)30-18-24-16-21(13-14-29-24)20-7-6-8-22(15-20)25-9-4-5-10-26(25)34-2/h4-17H,18H2,1-3H3,(H,30,31). The molecular weight excluding hydrogens is 460 g/mol. The van der Waals surface area contributed by atoms with Gasteiger partial charge in [0.15, 0.2) is 9.84 Å². The van der Waals surface area contributed by atoms with Gasteiger partial charge in [0, 0.05) is 23.6 Å². The molecule has 0 aliphatic rings. The minimum atomic E-state index is -3.42. The van der Waals surface area contributed by atoms with E-state index in [9.17, 15) is 13.2 Å². The highest BCUT2D eigenvalue weighted by atomic mass is 32.2. The molecule has 4 rings (SSSR count). The first-order valence-electron chi connectivity index (χ1n) is 11.0. The Bertz CT molecular complexity index is 1500. The number of benzene rings is 3. The molecule has 7 heteroatoms.